The van der Waals surface area contributed by atoms with E-state index in [0.29, 0.717) is 0 Å². The molecule has 0 aliphatic carbocycles. The Balaban J connectivity index is 1.47. The van der Waals surface area contributed by atoms with Crippen molar-refractivity contribution in [2.75, 3.05) is 0 Å². The minimum Gasteiger partial charge on any atom is -0.223 e. The molecule has 4 rings (SSSR count). The zero-order valence-corrected chi connectivity index (χ0v) is 22.1. The highest BCUT2D eigenvalue weighted by molar-refractivity contribution is 7.91. The normalized spacial score (nSPS) is 11.9. The molecule has 4 aromatic rings. The molecule has 6 heteroatoms. The van der Waals surface area contributed by atoms with Crippen molar-refractivity contribution in [1.82, 2.24) is 0 Å². The smallest absolute Gasteiger partial charge is 0.182 e. The zero-order valence-electron chi connectivity index (χ0n) is 20.5. The number of hydrogen-bond donors (Lipinski definition) is 0. The summed E-state index contributed by atoms with van der Waals surface area (Å²) in [6.45, 7) is 4.12. The Hall–Kier alpha value is -3.22. The Kier molecular flexibility index (Phi) is 7.76. The number of sulfone groups is 2. The maximum atomic E-state index is 12.9. The molecule has 0 N–H and O–H groups in total. The Bertz CT molecular complexity index is 1400. The summed E-state index contributed by atoms with van der Waals surface area (Å²) in [5.41, 5.74) is 5.50. The molecule has 186 valence electrons. The lowest BCUT2D eigenvalue weighted by Crippen LogP contribution is -2.05. The van der Waals surface area contributed by atoms with Crippen molar-refractivity contribution in [2.45, 2.75) is 48.0 Å². The minimum atomic E-state index is -3.47. The average Bonchev–Trinajstić information content (AvgIpc) is 2.89. The van der Waals surface area contributed by atoms with Crippen LogP contribution >= 0.6 is 0 Å². The maximum Gasteiger partial charge on any atom is 0.182 e. The van der Waals surface area contributed by atoms with Crippen LogP contribution in [-0.4, -0.2) is 16.8 Å². The van der Waals surface area contributed by atoms with Crippen molar-refractivity contribution in [2.24, 2.45) is 0 Å². The molecule has 0 aliphatic heterocycles. The second-order valence-electron chi connectivity index (χ2n) is 8.91. The predicted molar refractivity (Wildman–Crippen MR) is 145 cm³/mol. The van der Waals surface area contributed by atoms with E-state index in [1.54, 1.807) is 48.5 Å². The van der Waals surface area contributed by atoms with E-state index < -0.39 is 19.7 Å². The van der Waals surface area contributed by atoms with Gasteiger partial charge in [0.05, 0.1) is 21.3 Å². The summed E-state index contributed by atoms with van der Waals surface area (Å²) in [7, 11) is -6.94. The first-order valence-electron chi connectivity index (χ1n) is 12.0. The summed E-state index contributed by atoms with van der Waals surface area (Å²) < 4.78 is 51.5. The summed E-state index contributed by atoms with van der Waals surface area (Å²) in [4.78, 5) is 0.526. The first kappa shape index (κ1) is 25.9. The SMILES string of the molecule is CCc1ccc(CS(=O)(=O)c2ccc(-c3ccc(S(=O)(=O)Cc4ccc(CC)cc4)cc3)cc2)cc1. The first-order chi connectivity index (χ1) is 17.2. The molecule has 0 spiro atoms. The van der Waals surface area contributed by atoms with Crippen LogP contribution in [-0.2, 0) is 44.0 Å². The minimum absolute atomic E-state index is 0.0515. The van der Waals surface area contributed by atoms with Crippen molar-refractivity contribution in [3.63, 3.8) is 0 Å². The van der Waals surface area contributed by atoms with Crippen LogP contribution in [0.25, 0.3) is 11.1 Å². The largest absolute Gasteiger partial charge is 0.223 e. The molecule has 0 radical (unpaired) electrons. The van der Waals surface area contributed by atoms with Crippen LogP contribution in [0, 0.1) is 0 Å². The van der Waals surface area contributed by atoms with Gasteiger partial charge in [0, 0.05) is 0 Å². The number of rotatable bonds is 9. The van der Waals surface area contributed by atoms with Gasteiger partial charge in [0.15, 0.2) is 19.7 Å². The molecule has 0 bridgehead atoms. The van der Waals surface area contributed by atoms with E-state index in [1.807, 2.05) is 48.5 Å². The van der Waals surface area contributed by atoms with Crippen LogP contribution in [0.4, 0.5) is 0 Å². The molecule has 0 aromatic heterocycles. The molecule has 0 aliphatic rings. The van der Waals surface area contributed by atoms with Gasteiger partial charge in [-0.15, -0.1) is 0 Å². The van der Waals surface area contributed by atoms with Gasteiger partial charge in [0.25, 0.3) is 0 Å². The molecule has 4 nitrogen and oxygen atoms in total. The van der Waals surface area contributed by atoms with Gasteiger partial charge in [-0.25, -0.2) is 16.8 Å². The van der Waals surface area contributed by atoms with E-state index in [9.17, 15) is 16.8 Å². The summed E-state index contributed by atoms with van der Waals surface area (Å²) in [5, 5.41) is 0. The number of benzene rings is 4. The molecule has 0 amide bonds. The Morgan fingerprint density at radius 2 is 0.694 bits per heavy atom. The van der Waals surface area contributed by atoms with Crippen molar-refractivity contribution < 1.29 is 16.8 Å². The first-order valence-corrected chi connectivity index (χ1v) is 15.3. The second-order valence-corrected chi connectivity index (χ2v) is 12.9. The Morgan fingerprint density at radius 3 is 0.972 bits per heavy atom. The van der Waals surface area contributed by atoms with Gasteiger partial charge in [-0.1, -0.05) is 86.6 Å². The number of aryl methyl sites for hydroxylation is 2. The summed E-state index contributed by atoms with van der Waals surface area (Å²) in [6.07, 6.45) is 1.82. The molecule has 0 fully saturated rings. The van der Waals surface area contributed by atoms with Crippen LogP contribution in [0.5, 0.6) is 0 Å². The third-order valence-corrected chi connectivity index (χ3v) is 9.74. The molecule has 0 saturated heterocycles. The highest BCUT2D eigenvalue weighted by Crippen LogP contribution is 2.26. The van der Waals surface area contributed by atoms with E-state index in [2.05, 4.69) is 13.8 Å². The van der Waals surface area contributed by atoms with Gasteiger partial charge in [-0.2, -0.15) is 0 Å². The third-order valence-electron chi connectivity index (χ3n) is 6.34. The Morgan fingerprint density at radius 1 is 0.417 bits per heavy atom. The van der Waals surface area contributed by atoms with Gasteiger partial charge >= 0.3 is 0 Å². The summed E-state index contributed by atoms with van der Waals surface area (Å²) in [6, 6.07) is 28.7. The lowest BCUT2D eigenvalue weighted by Gasteiger charge is -2.09. The highest BCUT2D eigenvalue weighted by atomic mass is 32.2. The van der Waals surface area contributed by atoms with Gasteiger partial charge in [0.2, 0.25) is 0 Å². The predicted octanol–water partition coefficient (Wildman–Crippen LogP) is 6.43. The van der Waals surface area contributed by atoms with E-state index in [-0.39, 0.29) is 21.3 Å². The molecular formula is C30H30O4S2. The molecule has 0 heterocycles. The van der Waals surface area contributed by atoms with Crippen LogP contribution in [0.1, 0.15) is 36.1 Å². The standard InChI is InChI=1S/C30H30O4S2/c1-3-23-5-9-25(10-6-23)21-35(31,32)29-17-13-27(14-18-29)28-15-19-30(20-16-28)36(33,34)22-26-11-7-24(4-2)8-12-26/h5-20H,3-4,21-22H2,1-2H3. The monoisotopic (exact) mass is 518 g/mol. The van der Waals surface area contributed by atoms with Crippen LogP contribution < -0.4 is 0 Å². The fraction of sp³-hybridized carbons (Fsp3) is 0.200. The van der Waals surface area contributed by atoms with E-state index in [0.717, 1.165) is 35.1 Å². The van der Waals surface area contributed by atoms with Gasteiger partial charge < -0.3 is 0 Å². The van der Waals surface area contributed by atoms with Crippen LogP contribution in [0.15, 0.2) is 107 Å². The van der Waals surface area contributed by atoms with Gasteiger partial charge in [0.1, 0.15) is 0 Å². The van der Waals surface area contributed by atoms with Crippen LogP contribution in [0.3, 0.4) is 0 Å². The third kappa shape index (κ3) is 6.12. The fourth-order valence-electron chi connectivity index (χ4n) is 4.06. The Labute approximate surface area is 214 Å². The maximum absolute atomic E-state index is 12.9. The number of hydrogen-bond acceptors (Lipinski definition) is 4. The molecule has 0 unspecified atom stereocenters. The highest BCUT2D eigenvalue weighted by Gasteiger charge is 2.17. The molecule has 4 aromatic carbocycles. The molecule has 0 atom stereocenters. The van der Waals surface area contributed by atoms with Crippen molar-refractivity contribution >= 4 is 19.7 Å². The second kappa shape index (κ2) is 10.8. The van der Waals surface area contributed by atoms with E-state index in [1.165, 1.54) is 11.1 Å². The van der Waals surface area contributed by atoms with E-state index in [4.69, 9.17) is 0 Å². The van der Waals surface area contributed by atoms with Crippen LogP contribution in [0.2, 0.25) is 0 Å². The summed E-state index contributed by atoms with van der Waals surface area (Å²) >= 11 is 0. The van der Waals surface area contributed by atoms with Gasteiger partial charge in [-0.3, -0.25) is 0 Å². The summed E-state index contributed by atoms with van der Waals surface area (Å²) in [5.74, 6) is -0.103. The van der Waals surface area contributed by atoms with Gasteiger partial charge in [-0.05, 0) is 70.5 Å². The quantitative estimate of drug-likeness (QED) is 0.256. The molecule has 0 saturated carbocycles. The fourth-order valence-corrected chi connectivity index (χ4v) is 6.75. The van der Waals surface area contributed by atoms with Crippen molar-refractivity contribution in [3.05, 3.63) is 119 Å². The average molecular weight is 519 g/mol. The lowest BCUT2D eigenvalue weighted by atomic mass is 10.1. The van der Waals surface area contributed by atoms with E-state index >= 15 is 0 Å². The van der Waals surface area contributed by atoms with Crippen molar-refractivity contribution in [3.8, 4) is 11.1 Å². The van der Waals surface area contributed by atoms with Crippen molar-refractivity contribution in [1.29, 1.82) is 0 Å². The lowest BCUT2D eigenvalue weighted by molar-refractivity contribution is 0.593. The topological polar surface area (TPSA) is 68.3 Å². The molecule has 36 heavy (non-hydrogen) atoms. The zero-order chi connectivity index (χ0) is 25.8. The molecular weight excluding hydrogens is 488 g/mol.